The Morgan fingerprint density at radius 2 is 2.04 bits per heavy atom. The highest BCUT2D eigenvalue weighted by Gasteiger charge is 2.36. The number of carbonyl (C=O) groups excluding carboxylic acids is 2. The zero-order valence-corrected chi connectivity index (χ0v) is 14.8. The van der Waals surface area contributed by atoms with E-state index in [0.29, 0.717) is 17.9 Å². The maximum atomic E-state index is 12.6. The number of hydrogen-bond acceptors (Lipinski definition) is 6. The molecule has 0 saturated heterocycles. The molecule has 0 aromatic heterocycles. The van der Waals surface area contributed by atoms with Gasteiger partial charge in [0.1, 0.15) is 6.61 Å². The number of para-hydroxylation sites is 1. The Kier molecular flexibility index (Phi) is 6.85. The van der Waals surface area contributed by atoms with E-state index in [1.165, 1.54) is 6.07 Å². The second-order valence-corrected chi connectivity index (χ2v) is 5.91. The van der Waals surface area contributed by atoms with E-state index in [1.54, 1.807) is 25.1 Å². The number of rotatable bonds is 8. The van der Waals surface area contributed by atoms with E-state index >= 15 is 0 Å². The Balaban J connectivity index is 2.26. The molecule has 1 aliphatic rings. The highest BCUT2D eigenvalue weighted by Crippen LogP contribution is 2.37. The van der Waals surface area contributed by atoms with E-state index in [9.17, 15) is 19.7 Å². The predicted octanol–water partition coefficient (Wildman–Crippen LogP) is 2.44. The van der Waals surface area contributed by atoms with Gasteiger partial charge in [0.05, 0.1) is 17.1 Å². The number of carbonyl (C=O) groups is 2. The third-order valence-electron chi connectivity index (χ3n) is 4.01. The van der Waals surface area contributed by atoms with Gasteiger partial charge in [0.25, 0.3) is 5.69 Å². The van der Waals surface area contributed by atoms with Crippen molar-refractivity contribution < 1.29 is 24.0 Å². The zero-order valence-electron chi connectivity index (χ0n) is 14.8. The molecule has 1 atom stereocenters. The van der Waals surface area contributed by atoms with Crippen LogP contribution in [0.15, 0.2) is 35.5 Å². The molecule has 1 aromatic carbocycles. The summed E-state index contributed by atoms with van der Waals surface area (Å²) in [5.41, 5.74) is 0.774. The van der Waals surface area contributed by atoms with Crippen molar-refractivity contribution in [2.75, 3.05) is 19.8 Å². The van der Waals surface area contributed by atoms with Crippen LogP contribution in [0.3, 0.4) is 0 Å². The average Bonchev–Trinajstić information content (AvgIpc) is 2.60. The molecule has 0 saturated carbocycles. The summed E-state index contributed by atoms with van der Waals surface area (Å²) in [6.45, 7) is 4.49. The average molecular weight is 362 g/mol. The molecule has 0 bridgehead atoms. The third-order valence-corrected chi connectivity index (χ3v) is 4.01. The van der Waals surface area contributed by atoms with Gasteiger partial charge in [-0.3, -0.25) is 14.9 Å². The van der Waals surface area contributed by atoms with Crippen LogP contribution < -0.4 is 5.32 Å². The number of ether oxygens (including phenoxy) is 2. The highest BCUT2D eigenvalue weighted by molar-refractivity contribution is 5.96. The van der Waals surface area contributed by atoms with E-state index < -0.39 is 16.8 Å². The van der Waals surface area contributed by atoms with Crippen molar-refractivity contribution in [1.29, 1.82) is 0 Å². The first-order chi connectivity index (χ1) is 12.5. The summed E-state index contributed by atoms with van der Waals surface area (Å²) in [6.07, 6.45) is 0.808. The molecule has 140 valence electrons. The van der Waals surface area contributed by atoms with Crippen molar-refractivity contribution in [3.8, 4) is 0 Å². The number of hydrogen-bond donors (Lipinski definition) is 1. The summed E-state index contributed by atoms with van der Waals surface area (Å²) >= 11 is 0. The number of esters is 1. The molecule has 26 heavy (non-hydrogen) atoms. The second-order valence-electron chi connectivity index (χ2n) is 5.91. The largest absolute Gasteiger partial charge is 0.460 e. The van der Waals surface area contributed by atoms with Crippen LogP contribution in [0, 0.1) is 10.1 Å². The van der Waals surface area contributed by atoms with Gasteiger partial charge in [0.15, 0.2) is 0 Å². The van der Waals surface area contributed by atoms with Crippen molar-refractivity contribution in [2.45, 2.75) is 32.6 Å². The van der Waals surface area contributed by atoms with Gasteiger partial charge in [0, 0.05) is 36.3 Å². The van der Waals surface area contributed by atoms with E-state index in [4.69, 9.17) is 9.47 Å². The minimum Gasteiger partial charge on any atom is -0.460 e. The summed E-state index contributed by atoms with van der Waals surface area (Å²) in [5, 5.41) is 13.9. The van der Waals surface area contributed by atoms with Gasteiger partial charge < -0.3 is 14.8 Å². The van der Waals surface area contributed by atoms with Crippen LogP contribution in [0.25, 0.3) is 0 Å². The SMILES string of the molecule is CCCOCCOC(=O)C1=C(C)NC(=O)C[C@H]1c1ccccc1[N+](=O)[O-]. The first-order valence-corrected chi connectivity index (χ1v) is 8.44. The summed E-state index contributed by atoms with van der Waals surface area (Å²) in [5.74, 6) is -1.63. The van der Waals surface area contributed by atoms with Gasteiger partial charge >= 0.3 is 5.97 Å². The summed E-state index contributed by atoms with van der Waals surface area (Å²) < 4.78 is 10.5. The van der Waals surface area contributed by atoms with Crippen LogP contribution in [0.4, 0.5) is 5.69 Å². The molecule has 1 heterocycles. The number of nitro benzene ring substituents is 1. The van der Waals surface area contributed by atoms with Crippen molar-refractivity contribution in [2.24, 2.45) is 0 Å². The smallest absolute Gasteiger partial charge is 0.336 e. The topological polar surface area (TPSA) is 108 Å². The number of nitrogens with zero attached hydrogens (tertiary/aromatic N) is 1. The van der Waals surface area contributed by atoms with E-state index in [-0.39, 0.29) is 36.8 Å². The minimum absolute atomic E-state index is 0.0566. The molecule has 0 spiro atoms. The number of nitrogens with one attached hydrogen (secondary N) is 1. The molecular weight excluding hydrogens is 340 g/mol. The summed E-state index contributed by atoms with van der Waals surface area (Å²) in [7, 11) is 0. The molecule has 0 aliphatic carbocycles. The minimum atomic E-state index is -0.727. The lowest BCUT2D eigenvalue weighted by molar-refractivity contribution is -0.385. The van der Waals surface area contributed by atoms with Crippen LogP contribution in [-0.4, -0.2) is 36.6 Å². The first-order valence-electron chi connectivity index (χ1n) is 8.44. The van der Waals surface area contributed by atoms with Gasteiger partial charge in [-0.05, 0) is 13.3 Å². The molecular formula is C18H22N2O6. The molecule has 1 aliphatic heterocycles. The number of nitro groups is 1. The molecule has 0 unspecified atom stereocenters. The molecule has 1 amide bonds. The van der Waals surface area contributed by atoms with Gasteiger partial charge in [-0.15, -0.1) is 0 Å². The van der Waals surface area contributed by atoms with Crippen molar-refractivity contribution >= 4 is 17.6 Å². The number of allylic oxidation sites excluding steroid dienone is 1. The lowest BCUT2D eigenvalue weighted by Crippen LogP contribution is -2.34. The van der Waals surface area contributed by atoms with Crippen LogP contribution in [-0.2, 0) is 19.1 Å². The molecule has 2 rings (SSSR count). The molecule has 8 heteroatoms. The molecule has 0 radical (unpaired) electrons. The van der Waals surface area contributed by atoms with Crippen LogP contribution in [0.5, 0.6) is 0 Å². The molecule has 1 aromatic rings. The van der Waals surface area contributed by atoms with Crippen LogP contribution in [0.2, 0.25) is 0 Å². The van der Waals surface area contributed by atoms with Gasteiger partial charge in [-0.2, -0.15) is 0 Å². The number of benzene rings is 1. The van der Waals surface area contributed by atoms with Gasteiger partial charge in [0.2, 0.25) is 5.91 Å². The maximum absolute atomic E-state index is 12.6. The molecule has 0 fully saturated rings. The lowest BCUT2D eigenvalue weighted by Gasteiger charge is -2.26. The Bertz CT molecular complexity index is 728. The predicted molar refractivity (Wildman–Crippen MR) is 93.4 cm³/mol. The Hall–Kier alpha value is -2.74. The normalized spacial score (nSPS) is 17.0. The molecule has 1 N–H and O–H groups in total. The highest BCUT2D eigenvalue weighted by atomic mass is 16.6. The first kappa shape index (κ1) is 19.6. The van der Waals surface area contributed by atoms with Crippen LogP contribution in [0.1, 0.15) is 38.2 Å². The van der Waals surface area contributed by atoms with Crippen LogP contribution >= 0.6 is 0 Å². The van der Waals surface area contributed by atoms with Gasteiger partial charge in [-0.1, -0.05) is 25.1 Å². The molecule has 8 nitrogen and oxygen atoms in total. The fraction of sp³-hybridized carbons (Fsp3) is 0.444. The van der Waals surface area contributed by atoms with Crippen molar-refractivity contribution in [3.05, 3.63) is 51.2 Å². The maximum Gasteiger partial charge on any atom is 0.336 e. The summed E-state index contributed by atoms with van der Waals surface area (Å²) in [4.78, 5) is 35.3. The third kappa shape index (κ3) is 4.66. The Morgan fingerprint density at radius 1 is 1.31 bits per heavy atom. The zero-order chi connectivity index (χ0) is 19.1. The standard InChI is InChI=1S/C18H22N2O6/c1-3-8-25-9-10-26-18(22)17-12(2)19-16(21)11-14(17)13-6-4-5-7-15(13)20(23)24/h4-7,14H,3,8-11H2,1-2H3,(H,19,21)/t14-/m0/s1. The second kappa shape index (κ2) is 9.10. The summed E-state index contributed by atoms with van der Waals surface area (Å²) in [6, 6.07) is 6.11. The van der Waals surface area contributed by atoms with Gasteiger partial charge in [-0.25, -0.2) is 4.79 Å². The fourth-order valence-electron chi connectivity index (χ4n) is 2.90. The van der Waals surface area contributed by atoms with Crippen molar-refractivity contribution in [1.82, 2.24) is 5.32 Å². The van der Waals surface area contributed by atoms with E-state index in [0.717, 1.165) is 6.42 Å². The van der Waals surface area contributed by atoms with E-state index in [2.05, 4.69) is 5.32 Å². The number of amides is 1. The monoisotopic (exact) mass is 362 g/mol. The fourth-order valence-corrected chi connectivity index (χ4v) is 2.90. The van der Waals surface area contributed by atoms with Crippen molar-refractivity contribution in [3.63, 3.8) is 0 Å². The Labute approximate surface area is 151 Å². The lowest BCUT2D eigenvalue weighted by atomic mass is 9.83. The Morgan fingerprint density at radius 3 is 2.73 bits per heavy atom. The van der Waals surface area contributed by atoms with E-state index in [1.807, 2.05) is 6.92 Å². The quantitative estimate of drug-likeness (QED) is 0.329.